The molecule has 0 unspecified atom stereocenters. The fraction of sp³-hybridized carbons (Fsp3) is 0.333. The standard InChI is InChI=1S/C15H14F2O5/c1-7-10(20-4)6-8(12(17)11(7)16)5-9-13(18)21-15(2,3)22-14(9)19/h5-6H,1-4H3. The molecule has 1 saturated heterocycles. The van der Waals surface area contributed by atoms with Crippen molar-refractivity contribution in [2.45, 2.75) is 26.6 Å². The normalized spacial score (nSPS) is 16.9. The van der Waals surface area contributed by atoms with E-state index >= 15 is 0 Å². The number of rotatable bonds is 2. The molecular weight excluding hydrogens is 298 g/mol. The first kappa shape index (κ1) is 15.9. The first-order valence-corrected chi connectivity index (χ1v) is 6.37. The van der Waals surface area contributed by atoms with Crippen molar-refractivity contribution < 1.29 is 32.6 Å². The molecule has 0 radical (unpaired) electrons. The SMILES string of the molecule is COc1cc(C=C2C(=O)OC(C)(C)OC2=O)c(F)c(F)c1C. The minimum absolute atomic E-state index is 0.0166. The Kier molecular flexibility index (Phi) is 3.91. The van der Waals surface area contributed by atoms with E-state index in [1.807, 2.05) is 0 Å². The van der Waals surface area contributed by atoms with Crippen molar-refractivity contribution in [1.29, 1.82) is 0 Å². The second-order valence-electron chi connectivity index (χ2n) is 5.16. The molecule has 0 amide bonds. The van der Waals surface area contributed by atoms with Gasteiger partial charge in [0.2, 0.25) is 0 Å². The summed E-state index contributed by atoms with van der Waals surface area (Å²) in [6, 6.07) is 1.18. The average Bonchev–Trinajstić information content (AvgIpc) is 2.41. The van der Waals surface area contributed by atoms with E-state index < -0.39 is 34.9 Å². The molecule has 0 aliphatic carbocycles. The van der Waals surface area contributed by atoms with E-state index in [1.165, 1.54) is 33.9 Å². The van der Waals surface area contributed by atoms with E-state index in [9.17, 15) is 18.4 Å². The highest BCUT2D eigenvalue weighted by atomic mass is 19.2. The third-order valence-corrected chi connectivity index (χ3v) is 3.07. The van der Waals surface area contributed by atoms with Gasteiger partial charge in [-0.1, -0.05) is 0 Å². The van der Waals surface area contributed by atoms with Crippen LogP contribution >= 0.6 is 0 Å². The summed E-state index contributed by atoms with van der Waals surface area (Å²) in [5.74, 6) is -5.58. The summed E-state index contributed by atoms with van der Waals surface area (Å²) in [6.07, 6.45) is 0.875. The van der Waals surface area contributed by atoms with Crippen molar-refractivity contribution in [3.63, 3.8) is 0 Å². The van der Waals surface area contributed by atoms with Gasteiger partial charge in [0.05, 0.1) is 7.11 Å². The molecule has 0 spiro atoms. The monoisotopic (exact) mass is 312 g/mol. The summed E-state index contributed by atoms with van der Waals surface area (Å²) in [6.45, 7) is 4.11. The van der Waals surface area contributed by atoms with Crippen molar-refractivity contribution in [3.05, 3.63) is 34.4 Å². The van der Waals surface area contributed by atoms with Gasteiger partial charge in [0.1, 0.15) is 11.3 Å². The number of carbonyl (C=O) groups is 2. The van der Waals surface area contributed by atoms with Crippen LogP contribution in [0.3, 0.4) is 0 Å². The van der Waals surface area contributed by atoms with Gasteiger partial charge in [0.15, 0.2) is 11.6 Å². The average molecular weight is 312 g/mol. The van der Waals surface area contributed by atoms with Crippen LogP contribution in [0.4, 0.5) is 8.78 Å². The molecule has 7 heteroatoms. The van der Waals surface area contributed by atoms with Gasteiger partial charge in [0.25, 0.3) is 5.79 Å². The number of esters is 2. The fourth-order valence-corrected chi connectivity index (χ4v) is 1.96. The number of halogens is 2. The van der Waals surface area contributed by atoms with Gasteiger partial charge >= 0.3 is 11.9 Å². The van der Waals surface area contributed by atoms with Crippen LogP contribution < -0.4 is 4.74 Å². The molecule has 1 aromatic rings. The summed E-state index contributed by atoms with van der Waals surface area (Å²) in [7, 11) is 1.29. The van der Waals surface area contributed by atoms with Crippen LogP contribution in [0.5, 0.6) is 5.75 Å². The molecule has 0 saturated carbocycles. The number of benzene rings is 1. The van der Waals surface area contributed by atoms with E-state index in [0.717, 1.165) is 6.08 Å². The predicted molar refractivity (Wildman–Crippen MR) is 71.9 cm³/mol. The lowest BCUT2D eigenvalue weighted by Gasteiger charge is -2.29. The molecule has 1 aliphatic rings. The Bertz CT molecular complexity index is 670. The first-order chi connectivity index (χ1) is 10.2. The van der Waals surface area contributed by atoms with Gasteiger partial charge in [-0.2, -0.15) is 0 Å². The summed E-state index contributed by atoms with van der Waals surface area (Å²) < 4.78 is 42.4. The minimum Gasteiger partial charge on any atom is -0.496 e. The smallest absolute Gasteiger partial charge is 0.348 e. The van der Waals surface area contributed by atoms with Crippen LogP contribution in [0.25, 0.3) is 6.08 Å². The zero-order chi connectivity index (χ0) is 16.7. The Labute approximate surface area is 125 Å². The largest absolute Gasteiger partial charge is 0.496 e. The van der Waals surface area contributed by atoms with E-state index in [-0.39, 0.29) is 16.9 Å². The molecule has 1 fully saturated rings. The molecule has 118 valence electrons. The topological polar surface area (TPSA) is 61.8 Å². The highest BCUT2D eigenvalue weighted by Gasteiger charge is 2.39. The summed E-state index contributed by atoms with van der Waals surface area (Å²) in [5.41, 5.74) is -0.857. The Morgan fingerprint density at radius 2 is 1.68 bits per heavy atom. The minimum atomic E-state index is -1.40. The lowest BCUT2D eigenvalue weighted by molar-refractivity contribution is -0.222. The number of methoxy groups -OCH3 is 1. The Balaban J connectivity index is 2.52. The third kappa shape index (κ3) is 2.79. The molecule has 0 N–H and O–H groups in total. The van der Waals surface area contributed by atoms with Crippen molar-refractivity contribution in [3.8, 4) is 5.75 Å². The summed E-state index contributed by atoms with van der Waals surface area (Å²) in [5, 5.41) is 0. The molecule has 0 atom stereocenters. The lowest BCUT2D eigenvalue weighted by atomic mass is 10.1. The molecule has 1 aromatic carbocycles. The first-order valence-electron chi connectivity index (χ1n) is 6.37. The van der Waals surface area contributed by atoms with E-state index in [4.69, 9.17) is 14.2 Å². The number of ether oxygens (including phenoxy) is 3. The number of cyclic esters (lactones) is 2. The Morgan fingerprint density at radius 3 is 2.18 bits per heavy atom. The number of hydrogen-bond donors (Lipinski definition) is 0. The maximum Gasteiger partial charge on any atom is 0.348 e. The molecule has 0 bridgehead atoms. The molecular formula is C15H14F2O5. The van der Waals surface area contributed by atoms with Crippen LogP contribution in [0, 0.1) is 18.6 Å². The third-order valence-electron chi connectivity index (χ3n) is 3.07. The van der Waals surface area contributed by atoms with E-state index in [1.54, 1.807) is 0 Å². The second kappa shape index (κ2) is 5.40. The molecule has 1 heterocycles. The van der Waals surface area contributed by atoms with Crippen LogP contribution in [-0.4, -0.2) is 24.8 Å². The van der Waals surface area contributed by atoms with Crippen LogP contribution in [0.2, 0.25) is 0 Å². The van der Waals surface area contributed by atoms with Crippen LogP contribution in [0.1, 0.15) is 25.0 Å². The van der Waals surface area contributed by atoms with Crippen LogP contribution in [-0.2, 0) is 19.1 Å². The highest BCUT2D eigenvalue weighted by Crippen LogP contribution is 2.29. The van der Waals surface area contributed by atoms with Gasteiger partial charge in [-0.15, -0.1) is 0 Å². The van der Waals surface area contributed by atoms with Crippen molar-refractivity contribution in [1.82, 2.24) is 0 Å². The predicted octanol–water partition coefficient (Wildman–Crippen LogP) is 2.50. The molecule has 5 nitrogen and oxygen atoms in total. The molecule has 0 aromatic heterocycles. The number of hydrogen-bond acceptors (Lipinski definition) is 5. The summed E-state index contributed by atoms with van der Waals surface area (Å²) >= 11 is 0. The molecule has 22 heavy (non-hydrogen) atoms. The van der Waals surface area contributed by atoms with E-state index in [2.05, 4.69) is 0 Å². The lowest BCUT2D eigenvalue weighted by Crippen LogP contribution is -2.41. The zero-order valence-electron chi connectivity index (χ0n) is 12.5. The number of carbonyl (C=O) groups excluding carboxylic acids is 2. The maximum absolute atomic E-state index is 14.0. The Hall–Kier alpha value is -2.44. The van der Waals surface area contributed by atoms with Gasteiger partial charge in [0, 0.05) is 25.0 Å². The molecule has 2 rings (SSSR count). The van der Waals surface area contributed by atoms with Crippen molar-refractivity contribution in [2.24, 2.45) is 0 Å². The second-order valence-corrected chi connectivity index (χ2v) is 5.16. The zero-order valence-corrected chi connectivity index (χ0v) is 12.5. The van der Waals surface area contributed by atoms with Crippen molar-refractivity contribution in [2.75, 3.05) is 7.11 Å². The highest BCUT2D eigenvalue weighted by molar-refractivity contribution is 6.18. The summed E-state index contributed by atoms with van der Waals surface area (Å²) in [4.78, 5) is 23.6. The van der Waals surface area contributed by atoms with E-state index in [0.29, 0.717) is 0 Å². The van der Waals surface area contributed by atoms with Crippen LogP contribution in [0.15, 0.2) is 11.6 Å². The maximum atomic E-state index is 14.0. The van der Waals surface area contributed by atoms with Crippen molar-refractivity contribution >= 4 is 18.0 Å². The Morgan fingerprint density at radius 1 is 1.14 bits per heavy atom. The van der Waals surface area contributed by atoms with Gasteiger partial charge in [-0.05, 0) is 19.1 Å². The van der Waals surface area contributed by atoms with Gasteiger partial charge < -0.3 is 14.2 Å². The van der Waals surface area contributed by atoms with Gasteiger partial charge in [-0.3, -0.25) is 0 Å². The molecule has 1 aliphatic heterocycles. The fourth-order valence-electron chi connectivity index (χ4n) is 1.96. The quantitative estimate of drug-likeness (QED) is 0.477. The van der Waals surface area contributed by atoms with Gasteiger partial charge in [-0.25, -0.2) is 18.4 Å².